The molecule has 0 fully saturated rings. The van der Waals surface area contributed by atoms with E-state index in [-0.39, 0.29) is 0 Å². The fraction of sp³-hybridized carbons (Fsp3) is 0.769. The Hall–Kier alpha value is -0.430. The molecule has 2 N–H and O–H groups in total. The molecule has 0 bridgehead atoms. The van der Waals surface area contributed by atoms with Crippen LogP contribution in [0.3, 0.4) is 0 Å². The molecule has 1 aromatic heterocycles. The van der Waals surface area contributed by atoms with E-state index in [0.29, 0.717) is 19.6 Å². The summed E-state index contributed by atoms with van der Waals surface area (Å²) < 4.78 is 7.89. The van der Waals surface area contributed by atoms with Crippen LogP contribution in [-0.4, -0.2) is 47.3 Å². The number of aromatic nitrogens is 2. The number of methoxy groups -OCH3 is 1. The fourth-order valence-electron chi connectivity index (χ4n) is 1.99. The van der Waals surface area contributed by atoms with Gasteiger partial charge in [0.1, 0.15) is 0 Å². The highest BCUT2D eigenvalue weighted by molar-refractivity contribution is 9.10. The van der Waals surface area contributed by atoms with Gasteiger partial charge in [0.05, 0.1) is 28.1 Å². The molecule has 0 aliphatic rings. The van der Waals surface area contributed by atoms with Crippen molar-refractivity contribution in [3.8, 4) is 0 Å². The molecule has 0 aliphatic heterocycles. The molecule has 19 heavy (non-hydrogen) atoms. The number of ether oxygens (including phenoxy) is 1. The molecule has 1 aromatic rings. The van der Waals surface area contributed by atoms with Gasteiger partial charge >= 0.3 is 0 Å². The van der Waals surface area contributed by atoms with Crippen LogP contribution in [-0.2, 0) is 17.7 Å². The molecule has 0 aromatic carbocycles. The predicted molar refractivity (Wildman–Crippen MR) is 79.4 cm³/mol. The average molecular weight is 334 g/mol. The van der Waals surface area contributed by atoms with E-state index < -0.39 is 5.60 Å². The van der Waals surface area contributed by atoms with E-state index in [2.05, 4.69) is 26.3 Å². The van der Waals surface area contributed by atoms with Gasteiger partial charge in [-0.1, -0.05) is 0 Å². The summed E-state index contributed by atoms with van der Waals surface area (Å²) in [6.07, 6.45) is 0.558. The minimum atomic E-state index is -0.810. The minimum absolute atomic E-state index is 0.525. The largest absolute Gasteiger partial charge is 0.388 e. The van der Waals surface area contributed by atoms with E-state index >= 15 is 0 Å². The van der Waals surface area contributed by atoms with Gasteiger partial charge in [0.2, 0.25) is 0 Å². The summed E-state index contributed by atoms with van der Waals surface area (Å²) in [6, 6.07) is 0. The van der Waals surface area contributed by atoms with Crippen LogP contribution in [0.5, 0.6) is 0 Å². The Morgan fingerprint density at radius 3 is 2.79 bits per heavy atom. The smallest absolute Gasteiger partial charge is 0.0799 e. The Kier molecular flexibility index (Phi) is 6.46. The van der Waals surface area contributed by atoms with E-state index in [1.807, 2.05) is 25.5 Å². The Bertz CT molecular complexity index is 405. The predicted octanol–water partition coefficient (Wildman–Crippen LogP) is 1.50. The van der Waals surface area contributed by atoms with E-state index in [1.54, 1.807) is 7.11 Å². The lowest BCUT2D eigenvalue weighted by atomic mass is 10.00. The lowest BCUT2D eigenvalue weighted by molar-refractivity contribution is 0.0559. The monoisotopic (exact) mass is 333 g/mol. The quantitative estimate of drug-likeness (QED) is 0.708. The number of hydrogen-bond acceptors (Lipinski definition) is 4. The van der Waals surface area contributed by atoms with Gasteiger partial charge in [-0.2, -0.15) is 5.10 Å². The van der Waals surface area contributed by atoms with Crippen LogP contribution >= 0.6 is 15.9 Å². The summed E-state index contributed by atoms with van der Waals surface area (Å²) >= 11 is 3.55. The van der Waals surface area contributed by atoms with Crippen LogP contribution < -0.4 is 5.32 Å². The molecule has 1 atom stereocenters. The van der Waals surface area contributed by atoms with Crippen molar-refractivity contribution in [1.29, 1.82) is 0 Å². The van der Waals surface area contributed by atoms with Gasteiger partial charge < -0.3 is 15.2 Å². The van der Waals surface area contributed by atoms with Crippen LogP contribution in [0.2, 0.25) is 0 Å². The third-order valence-electron chi connectivity index (χ3n) is 2.99. The summed E-state index contributed by atoms with van der Waals surface area (Å²) in [6.45, 7) is 8.55. The van der Waals surface area contributed by atoms with E-state index in [1.165, 1.54) is 0 Å². The van der Waals surface area contributed by atoms with Crippen molar-refractivity contribution >= 4 is 15.9 Å². The first-order valence-corrected chi connectivity index (χ1v) is 7.34. The first kappa shape index (κ1) is 16.6. The molecule has 0 amide bonds. The Morgan fingerprint density at radius 1 is 1.53 bits per heavy atom. The van der Waals surface area contributed by atoms with E-state index in [4.69, 9.17) is 4.74 Å². The molecule has 6 heteroatoms. The molecule has 5 nitrogen and oxygen atoms in total. The number of aliphatic hydroxyl groups is 1. The molecule has 0 saturated heterocycles. The molecule has 0 radical (unpaired) electrons. The zero-order valence-corrected chi connectivity index (χ0v) is 13.7. The number of nitrogens with one attached hydrogen (secondary N) is 1. The standard InChI is InChI=1S/C13H24BrN3O2/c1-5-17-11(12(14)10(2)16-17)8-13(3,18)9-15-6-7-19-4/h15,18H,5-9H2,1-4H3. The highest BCUT2D eigenvalue weighted by Crippen LogP contribution is 2.24. The Morgan fingerprint density at radius 2 is 2.21 bits per heavy atom. The van der Waals surface area contributed by atoms with Crippen LogP contribution in [0.1, 0.15) is 25.2 Å². The van der Waals surface area contributed by atoms with Gasteiger partial charge in [0, 0.05) is 33.2 Å². The number of halogens is 1. The minimum Gasteiger partial charge on any atom is -0.388 e. The van der Waals surface area contributed by atoms with Crippen molar-refractivity contribution in [1.82, 2.24) is 15.1 Å². The molecular weight excluding hydrogens is 310 g/mol. The number of aryl methyl sites for hydroxylation is 2. The normalized spacial score (nSPS) is 14.6. The summed E-state index contributed by atoms with van der Waals surface area (Å²) in [5.74, 6) is 0. The van der Waals surface area contributed by atoms with Gasteiger partial charge in [-0.05, 0) is 36.7 Å². The number of rotatable bonds is 8. The highest BCUT2D eigenvalue weighted by Gasteiger charge is 2.25. The second-order valence-electron chi connectivity index (χ2n) is 5.01. The van der Waals surface area contributed by atoms with E-state index in [9.17, 15) is 5.11 Å². The summed E-state index contributed by atoms with van der Waals surface area (Å²) in [5.41, 5.74) is 1.19. The fourth-order valence-corrected chi connectivity index (χ4v) is 2.42. The maximum absolute atomic E-state index is 10.5. The SMILES string of the molecule is CCn1nc(C)c(Br)c1CC(C)(O)CNCCOC. The maximum Gasteiger partial charge on any atom is 0.0799 e. The van der Waals surface area contributed by atoms with E-state index in [0.717, 1.165) is 29.0 Å². The van der Waals surface area contributed by atoms with Gasteiger partial charge in [0.15, 0.2) is 0 Å². The van der Waals surface area contributed by atoms with Crippen LogP contribution in [0, 0.1) is 6.92 Å². The van der Waals surface area contributed by atoms with Crippen LogP contribution in [0.15, 0.2) is 4.47 Å². The molecule has 1 unspecified atom stereocenters. The van der Waals surface area contributed by atoms with Crippen molar-refractivity contribution in [2.24, 2.45) is 0 Å². The molecule has 1 heterocycles. The first-order chi connectivity index (χ1) is 8.91. The summed E-state index contributed by atoms with van der Waals surface area (Å²) in [5, 5.41) is 18.1. The van der Waals surface area contributed by atoms with Gasteiger partial charge in [0.25, 0.3) is 0 Å². The molecule has 0 saturated carbocycles. The van der Waals surface area contributed by atoms with Crippen molar-refractivity contribution in [3.05, 3.63) is 15.9 Å². The molecular formula is C13H24BrN3O2. The zero-order chi connectivity index (χ0) is 14.5. The summed E-state index contributed by atoms with van der Waals surface area (Å²) in [4.78, 5) is 0. The maximum atomic E-state index is 10.5. The summed E-state index contributed by atoms with van der Waals surface area (Å²) in [7, 11) is 1.67. The Labute approximate surface area is 123 Å². The lowest BCUT2D eigenvalue weighted by Crippen LogP contribution is -2.41. The Balaban J connectivity index is 2.66. The highest BCUT2D eigenvalue weighted by atomic mass is 79.9. The second kappa shape index (κ2) is 7.38. The molecule has 0 spiro atoms. The number of nitrogens with zero attached hydrogens (tertiary/aromatic N) is 2. The van der Waals surface area contributed by atoms with Gasteiger partial charge in [-0.15, -0.1) is 0 Å². The second-order valence-corrected chi connectivity index (χ2v) is 5.80. The van der Waals surface area contributed by atoms with Crippen molar-refractivity contribution in [2.75, 3.05) is 26.8 Å². The zero-order valence-electron chi connectivity index (χ0n) is 12.2. The molecule has 0 aliphatic carbocycles. The number of hydrogen-bond donors (Lipinski definition) is 2. The molecule has 110 valence electrons. The van der Waals surface area contributed by atoms with Crippen LogP contribution in [0.25, 0.3) is 0 Å². The topological polar surface area (TPSA) is 59.3 Å². The van der Waals surface area contributed by atoms with Gasteiger partial charge in [-0.3, -0.25) is 4.68 Å². The van der Waals surface area contributed by atoms with Crippen LogP contribution in [0.4, 0.5) is 0 Å². The van der Waals surface area contributed by atoms with Crippen molar-refractivity contribution in [2.45, 2.75) is 39.3 Å². The third-order valence-corrected chi connectivity index (χ3v) is 4.02. The average Bonchev–Trinajstić information content (AvgIpc) is 2.62. The third kappa shape index (κ3) is 4.87. The molecule has 1 rings (SSSR count). The lowest BCUT2D eigenvalue weighted by Gasteiger charge is -2.24. The van der Waals surface area contributed by atoms with Crippen molar-refractivity contribution < 1.29 is 9.84 Å². The van der Waals surface area contributed by atoms with Gasteiger partial charge in [-0.25, -0.2) is 0 Å². The first-order valence-electron chi connectivity index (χ1n) is 6.55. The van der Waals surface area contributed by atoms with Crippen molar-refractivity contribution in [3.63, 3.8) is 0 Å².